The Balaban J connectivity index is 2.95. The predicted molar refractivity (Wildman–Crippen MR) is 42.6 cm³/mol. The van der Waals surface area contributed by atoms with Gasteiger partial charge in [-0.1, -0.05) is 27.5 Å². The van der Waals surface area contributed by atoms with Crippen LogP contribution in [0.5, 0.6) is 0 Å². The first-order valence-electron chi connectivity index (χ1n) is 2.37. The molecule has 0 saturated carbocycles. The molecule has 0 aliphatic carbocycles. The molecule has 10 heavy (non-hydrogen) atoms. The van der Waals surface area contributed by atoms with Crippen LogP contribution in [0.2, 0.25) is 0 Å². The van der Waals surface area contributed by atoms with Gasteiger partial charge in [0.15, 0.2) is 0 Å². The van der Waals surface area contributed by atoms with Gasteiger partial charge in [-0.25, -0.2) is 4.99 Å². The van der Waals surface area contributed by atoms with E-state index >= 15 is 0 Å². The standard InChI is InChI=1S/C4H3BrClN3O/c5-1-2(6)8-4(7)9-3(1)10/h1H,(H2,7,9,10). The van der Waals surface area contributed by atoms with Gasteiger partial charge in [0.2, 0.25) is 5.96 Å². The fraction of sp³-hybridized carbons (Fsp3) is 0.250. The summed E-state index contributed by atoms with van der Waals surface area (Å²) in [6.07, 6.45) is 0. The van der Waals surface area contributed by atoms with Gasteiger partial charge in [-0.05, 0) is 0 Å². The lowest BCUT2D eigenvalue weighted by atomic mass is 10.4. The molecule has 1 rings (SSSR count). The minimum atomic E-state index is -0.624. The van der Waals surface area contributed by atoms with Crippen molar-refractivity contribution in [2.24, 2.45) is 15.7 Å². The van der Waals surface area contributed by atoms with Gasteiger partial charge in [0, 0.05) is 0 Å². The molecule has 6 heteroatoms. The minimum Gasteiger partial charge on any atom is -0.368 e. The lowest BCUT2D eigenvalue weighted by molar-refractivity contribution is -0.116. The number of carbonyl (C=O) groups is 1. The number of hydrogen-bond acceptors (Lipinski definition) is 3. The molecule has 0 aromatic rings. The molecule has 1 aliphatic heterocycles. The number of nitrogens with zero attached hydrogens (tertiary/aromatic N) is 2. The van der Waals surface area contributed by atoms with Crippen molar-refractivity contribution in [2.75, 3.05) is 0 Å². The van der Waals surface area contributed by atoms with Gasteiger partial charge >= 0.3 is 0 Å². The quantitative estimate of drug-likeness (QED) is 0.599. The van der Waals surface area contributed by atoms with Gasteiger partial charge in [-0.15, -0.1) is 0 Å². The van der Waals surface area contributed by atoms with Crippen LogP contribution < -0.4 is 5.73 Å². The maximum Gasteiger partial charge on any atom is 0.269 e. The van der Waals surface area contributed by atoms with E-state index in [2.05, 4.69) is 25.9 Å². The van der Waals surface area contributed by atoms with E-state index in [1.165, 1.54) is 0 Å². The topological polar surface area (TPSA) is 67.8 Å². The molecule has 1 aliphatic rings. The Kier molecular flexibility index (Phi) is 2.05. The fourth-order valence-electron chi connectivity index (χ4n) is 0.463. The van der Waals surface area contributed by atoms with Crippen molar-refractivity contribution in [1.82, 2.24) is 0 Å². The Labute approximate surface area is 70.3 Å². The number of aliphatic imine (C=N–C) groups is 2. The van der Waals surface area contributed by atoms with Crippen molar-refractivity contribution in [3.8, 4) is 0 Å². The highest BCUT2D eigenvalue weighted by molar-refractivity contribution is 9.10. The predicted octanol–water partition coefficient (Wildman–Crippen LogP) is 0.242. The Hall–Kier alpha value is -0.420. The molecule has 1 unspecified atom stereocenters. The Morgan fingerprint density at radius 3 is 2.70 bits per heavy atom. The van der Waals surface area contributed by atoms with E-state index in [-0.39, 0.29) is 11.1 Å². The number of carbonyl (C=O) groups excluding carboxylic acids is 1. The second-order valence-corrected chi connectivity index (χ2v) is 2.91. The molecular formula is C4H3BrClN3O. The molecule has 0 radical (unpaired) electrons. The first-order chi connectivity index (χ1) is 4.61. The maximum absolute atomic E-state index is 10.7. The highest BCUT2D eigenvalue weighted by atomic mass is 79.9. The minimum absolute atomic E-state index is 0.0919. The van der Waals surface area contributed by atoms with E-state index in [4.69, 9.17) is 17.3 Å². The molecule has 1 amide bonds. The van der Waals surface area contributed by atoms with E-state index in [1.54, 1.807) is 0 Å². The second kappa shape index (κ2) is 2.67. The van der Waals surface area contributed by atoms with Crippen LogP contribution in [0.25, 0.3) is 0 Å². The molecule has 4 nitrogen and oxygen atoms in total. The Morgan fingerprint density at radius 1 is 1.60 bits per heavy atom. The lowest BCUT2D eigenvalue weighted by Gasteiger charge is -2.07. The van der Waals surface area contributed by atoms with Crippen molar-refractivity contribution in [2.45, 2.75) is 4.83 Å². The molecule has 0 saturated heterocycles. The summed E-state index contributed by atoms with van der Waals surface area (Å²) >= 11 is 8.45. The van der Waals surface area contributed by atoms with Crippen LogP contribution in [0, 0.1) is 0 Å². The van der Waals surface area contributed by atoms with Gasteiger partial charge in [-0.3, -0.25) is 4.79 Å². The first-order valence-corrected chi connectivity index (χ1v) is 3.67. The summed E-state index contributed by atoms with van der Waals surface area (Å²) in [6, 6.07) is 0. The van der Waals surface area contributed by atoms with E-state index in [1.807, 2.05) is 0 Å². The van der Waals surface area contributed by atoms with Crippen LogP contribution in [0.15, 0.2) is 9.98 Å². The van der Waals surface area contributed by atoms with Crippen molar-refractivity contribution >= 4 is 44.6 Å². The van der Waals surface area contributed by atoms with Crippen molar-refractivity contribution in [3.05, 3.63) is 0 Å². The molecular weight excluding hydrogens is 221 g/mol. The monoisotopic (exact) mass is 223 g/mol. The second-order valence-electron chi connectivity index (χ2n) is 1.61. The molecule has 0 aromatic heterocycles. The number of alkyl halides is 1. The van der Waals surface area contributed by atoms with E-state index in [0.717, 1.165) is 0 Å². The summed E-state index contributed by atoms with van der Waals surface area (Å²) in [6.45, 7) is 0. The summed E-state index contributed by atoms with van der Waals surface area (Å²) in [5.74, 6) is -0.511. The first kappa shape index (κ1) is 7.68. The number of rotatable bonds is 0. The van der Waals surface area contributed by atoms with E-state index in [0.29, 0.717) is 0 Å². The lowest BCUT2D eigenvalue weighted by Crippen LogP contribution is -2.28. The third-order valence-corrected chi connectivity index (χ3v) is 2.26. The van der Waals surface area contributed by atoms with Crippen molar-refractivity contribution in [1.29, 1.82) is 0 Å². The largest absolute Gasteiger partial charge is 0.368 e. The van der Waals surface area contributed by atoms with Crippen LogP contribution in [-0.4, -0.2) is 21.9 Å². The van der Waals surface area contributed by atoms with Crippen LogP contribution in [-0.2, 0) is 4.79 Å². The number of guanidine groups is 1. The summed E-state index contributed by atoms with van der Waals surface area (Å²) in [5.41, 5.74) is 5.11. The normalized spacial score (nSPS) is 25.8. The average molecular weight is 224 g/mol. The Morgan fingerprint density at radius 2 is 2.20 bits per heavy atom. The third kappa shape index (κ3) is 1.35. The molecule has 1 heterocycles. The number of nitrogens with two attached hydrogens (primary N) is 1. The van der Waals surface area contributed by atoms with E-state index < -0.39 is 10.7 Å². The third-order valence-electron chi connectivity index (χ3n) is 0.872. The molecule has 54 valence electrons. The smallest absolute Gasteiger partial charge is 0.269 e. The Bertz CT molecular complexity index is 237. The number of hydrogen-bond donors (Lipinski definition) is 1. The summed E-state index contributed by atoms with van der Waals surface area (Å²) < 4.78 is 0. The van der Waals surface area contributed by atoms with Gasteiger partial charge in [-0.2, -0.15) is 4.99 Å². The maximum atomic E-state index is 10.7. The molecule has 1 atom stereocenters. The number of halogens is 2. The van der Waals surface area contributed by atoms with Crippen molar-refractivity contribution in [3.63, 3.8) is 0 Å². The van der Waals surface area contributed by atoms with Gasteiger partial charge in [0.05, 0.1) is 0 Å². The zero-order chi connectivity index (χ0) is 7.72. The SMILES string of the molecule is NC1=NC(=O)C(Br)C(Cl)=N1. The molecule has 0 fully saturated rings. The van der Waals surface area contributed by atoms with Gasteiger partial charge < -0.3 is 5.73 Å². The molecule has 0 bridgehead atoms. The summed E-state index contributed by atoms with van der Waals surface area (Å²) in [5, 5.41) is 0.123. The molecule has 2 N–H and O–H groups in total. The van der Waals surface area contributed by atoms with Crippen molar-refractivity contribution < 1.29 is 4.79 Å². The summed E-state index contributed by atoms with van der Waals surface area (Å²) in [4.78, 5) is 17.0. The summed E-state index contributed by atoms with van der Waals surface area (Å²) in [7, 11) is 0. The van der Waals surface area contributed by atoms with E-state index in [9.17, 15) is 4.79 Å². The van der Waals surface area contributed by atoms with Crippen LogP contribution in [0.3, 0.4) is 0 Å². The zero-order valence-corrected chi connectivity index (χ0v) is 7.06. The highest BCUT2D eigenvalue weighted by Gasteiger charge is 2.23. The average Bonchev–Trinajstić information content (AvgIpc) is 1.82. The highest BCUT2D eigenvalue weighted by Crippen LogP contribution is 2.11. The van der Waals surface area contributed by atoms with Crippen LogP contribution in [0.1, 0.15) is 0 Å². The fourth-order valence-corrected chi connectivity index (χ4v) is 0.847. The van der Waals surface area contributed by atoms with Crippen LogP contribution >= 0.6 is 27.5 Å². The van der Waals surface area contributed by atoms with Crippen LogP contribution in [0.4, 0.5) is 0 Å². The van der Waals surface area contributed by atoms with Gasteiger partial charge in [0.25, 0.3) is 5.91 Å². The molecule has 0 spiro atoms. The molecule has 0 aromatic carbocycles. The number of amides is 1. The van der Waals surface area contributed by atoms with Gasteiger partial charge in [0.1, 0.15) is 10.00 Å². The zero-order valence-electron chi connectivity index (χ0n) is 4.71.